The molecule has 0 spiro atoms. The summed E-state index contributed by atoms with van der Waals surface area (Å²) in [5, 5.41) is 24.6. The Kier molecular flexibility index (Phi) is 3.53. The monoisotopic (exact) mass is 321 g/mol. The average Bonchev–Trinajstić information content (AvgIpc) is 2.98. The van der Waals surface area contributed by atoms with Crippen LogP contribution in [-0.2, 0) is 9.53 Å². The Balaban J connectivity index is 1.89. The molecule has 0 saturated heterocycles. The van der Waals surface area contributed by atoms with Gasteiger partial charge >= 0.3 is 5.97 Å². The second-order valence-corrected chi connectivity index (χ2v) is 5.47. The number of phenols is 2. The lowest BCUT2D eigenvalue weighted by atomic mass is 10.2. The van der Waals surface area contributed by atoms with Gasteiger partial charge in [0.2, 0.25) is 0 Å². The fourth-order valence-corrected chi connectivity index (χ4v) is 3.23. The van der Waals surface area contributed by atoms with Gasteiger partial charge < -0.3 is 14.9 Å². The zero-order chi connectivity index (χ0) is 15.9. The van der Waals surface area contributed by atoms with Crippen molar-refractivity contribution < 1.29 is 19.7 Å². The van der Waals surface area contributed by atoms with E-state index in [2.05, 4.69) is 0 Å². The summed E-state index contributed by atoms with van der Waals surface area (Å²) in [4.78, 5) is 12.0. The van der Waals surface area contributed by atoms with Crippen molar-refractivity contribution >= 4 is 23.6 Å². The van der Waals surface area contributed by atoms with Gasteiger partial charge in [-0.1, -0.05) is 0 Å². The number of fused-ring (bicyclic) bond motifs is 1. The summed E-state index contributed by atoms with van der Waals surface area (Å²) < 4.78 is 6.80. The number of anilines is 1. The van der Waals surface area contributed by atoms with Crippen molar-refractivity contribution in [3.63, 3.8) is 0 Å². The predicted octanol–water partition coefficient (Wildman–Crippen LogP) is 1.93. The van der Waals surface area contributed by atoms with Crippen LogP contribution in [0.25, 0.3) is 0 Å². The largest absolute Gasteiger partial charge is 0.508 e. The van der Waals surface area contributed by atoms with E-state index in [1.54, 1.807) is 46.2 Å². The van der Waals surface area contributed by atoms with Gasteiger partial charge in [0, 0.05) is 30.5 Å². The van der Waals surface area contributed by atoms with E-state index in [4.69, 9.17) is 4.74 Å². The number of carbonyl (C=O) groups excluding carboxylic acids is 1. The topological polar surface area (TPSA) is 76.5 Å². The molecule has 0 fully saturated rings. The van der Waals surface area contributed by atoms with Crippen LogP contribution in [0.15, 0.2) is 41.1 Å². The van der Waals surface area contributed by atoms with Crippen molar-refractivity contribution in [3.8, 4) is 11.5 Å². The SMILES string of the molecule is CCOC(=O)C1=CSN2C1=CN(C)N2c1ccc(O)cc1O. The third-order valence-corrected chi connectivity index (χ3v) is 4.09. The summed E-state index contributed by atoms with van der Waals surface area (Å²) >= 11 is 1.31. The van der Waals surface area contributed by atoms with E-state index in [9.17, 15) is 15.0 Å². The molecule has 0 atom stereocenters. The molecule has 22 heavy (non-hydrogen) atoms. The van der Waals surface area contributed by atoms with E-state index in [1.165, 1.54) is 24.1 Å². The Morgan fingerprint density at radius 3 is 2.82 bits per heavy atom. The molecule has 1 aromatic carbocycles. The molecule has 0 bridgehead atoms. The van der Waals surface area contributed by atoms with Crippen LogP contribution in [-0.4, -0.2) is 39.3 Å². The minimum Gasteiger partial charge on any atom is -0.508 e. The quantitative estimate of drug-likeness (QED) is 0.646. The number of nitrogens with zero attached hydrogens (tertiary/aromatic N) is 3. The number of phenolic OH excluding ortho intramolecular Hbond substituents is 2. The summed E-state index contributed by atoms with van der Waals surface area (Å²) in [6.45, 7) is 2.07. The van der Waals surface area contributed by atoms with Crippen molar-refractivity contribution in [3.05, 3.63) is 41.1 Å². The van der Waals surface area contributed by atoms with Crippen LogP contribution in [0.4, 0.5) is 5.69 Å². The number of benzene rings is 1. The summed E-state index contributed by atoms with van der Waals surface area (Å²) in [7, 11) is 1.79. The van der Waals surface area contributed by atoms with E-state index in [-0.39, 0.29) is 17.5 Å². The normalized spacial score (nSPS) is 16.5. The van der Waals surface area contributed by atoms with Crippen LogP contribution in [0, 0.1) is 0 Å². The Morgan fingerprint density at radius 1 is 1.36 bits per heavy atom. The first-order chi connectivity index (χ1) is 10.5. The number of hydrazine groups is 2. The summed E-state index contributed by atoms with van der Waals surface area (Å²) in [5.74, 6) is -0.462. The number of aromatic hydroxyl groups is 2. The zero-order valence-corrected chi connectivity index (χ0v) is 12.9. The third-order valence-electron chi connectivity index (χ3n) is 3.20. The number of hydrogen-bond donors (Lipinski definition) is 2. The number of carbonyl (C=O) groups is 1. The van der Waals surface area contributed by atoms with Gasteiger partial charge in [-0.2, -0.15) is 5.12 Å². The molecule has 3 rings (SSSR count). The molecule has 2 aliphatic heterocycles. The lowest BCUT2D eigenvalue weighted by molar-refractivity contribution is -0.138. The third kappa shape index (κ3) is 2.21. The Labute approximate surface area is 131 Å². The van der Waals surface area contributed by atoms with Gasteiger partial charge in [0.05, 0.1) is 18.4 Å². The lowest BCUT2D eigenvalue weighted by Gasteiger charge is -2.33. The van der Waals surface area contributed by atoms with E-state index in [0.29, 0.717) is 23.6 Å². The number of esters is 1. The first-order valence-corrected chi connectivity index (χ1v) is 7.47. The van der Waals surface area contributed by atoms with Crippen LogP contribution in [0.2, 0.25) is 0 Å². The molecule has 0 aromatic heterocycles. The molecule has 0 aliphatic carbocycles. The van der Waals surface area contributed by atoms with Crippen LogP contribution in [0.1, 0.15) is 6.92 Å². The predicted molar refractivity (Wildman–Crippen MR) is 82.2 cm³/mol. The van der Waals surface area contributed by atoms with Gasteiger partial charge in [-0.3, -0.25) is 5.01 Å². The summed E-state index contributed by atoms with van der Waals surface area (Å²) in [6, 6.07) is 4.35. The molecule has 0 radical (unpaired) electrons. The van der Waals surface area contributed by atoms with Crippen LogP contribution < -0.4 is 5.12 Å². The molecule has 0 unspecified atom stereocenters. The molecule has 2 N–H and O–H groups in total. The smallest absolute Gasteiger partial charge is 0.341 e. The van der Waals surface area contributed by atoms with Crippen molar-refractivity contribution in [1.29, 1.82) is 0 Å². The Bertz CT molecular complexity index is 689. The summed E-state index contributed by atoms with van der Waals surface area (Å²) in [5.41, 5.74) is 1.63. The first kappa shape index (κ1) is 14.5. The fourth-order valence-electron chi connectivity index (χ4n) is 2.26. The van der Waals surface area contributed by atoms with Gasteiger partial charge in [-0.25, -0.2) is 9.21 Å². The molecule has 2 heterocycles. The highest BCUT2D eigenvalue weighted by molar-refractivity contribution is 8.00. The first-order valence-electron chi connectivity index (χ1n) is 6.64. The van der Waals surface area contributed by atoms with Crippen molar-refractivity contribution in [2.75, 3.05) is 18.8 Å². The lowest BCUT2D eigenvalue weighted by Crippen LogP contribution is -2.39. The Morgan fingerprint density at radius 2 is 2.14 bits per heavy atom. The minimum absolute atomic E-state index is 0.0179. The molecule has 7 nitrogen and oxygen atoms in total. The number of ether oxygens (including phenoxy) is 1. The standard InChI is InChI=1S/C14H15N3O4S/c1-3-21-14(20)10-8-22-17-12(10)7-15(2)16(17)11-5-4-9(18)6-13(11)19/h4-8,18-19H,3H2,1-2H3. The highest BCUT2D eigenvalue weighted by Crippen LogP contribution is 2.45. The van der Waals surface area contributed by atoms with Crippen LogP contribution >= 0.6 is 11.9 Å². The Hall–Kier alpha value is -2.48. The van der Waals surface area contributed by atoms with E-state index >= 15 is 0 Å². The molecule has 2 aliphatic rings. The van der Waals surface area contributed by atoms with E-state index in [0.717, 1.165) is 0 Å². The van der Waals surface area contributed by atoms with Gasteiger partial charge in [0.25, 0.3) is 0 Å². The maximum absolute atomic E-state index is 12.0. The maximum Gasteiger partial charge on any atom is 0.341 e. The fraction of sp³-hybridized carbons (Fsp3) is 0.214. The average molecular weight is 321 g/mol. The molecule has 8 heteroatoms. The molecular weight excluding hydrogens is 306 g/mol. The van der Waals surface area contributed by atoms with Crippen LogP contribution in [0.3, 0.4) is 0 Å². The molecule has 116 valence electrons. The van der Waals surface area contributed by atoms with Crippen molar-refractivity contribution in [2.24, 2.45) is 0 Å². The number of rotatable bonds is 3. The molecular formula is C14H15N3O4S. The van der Waals surface area contributed by atoms with Crippen molar-refractivity contribution in [2.45, 2.75) is 6.92 Å². The van der Waals surface area contributed by atoms with Gasteiger partial charge in [-0.15, -0.1) is 0 Å². The maximum atomic E-state index is 12.0. The van der Waals surface area contributed by atoms with Crippen molar-refractivity contribution in [1.82, 2.24) is 9.42 Å². The second-order valence-electron chi connectivity index (χ2n) is 4.68. The van der Waals surface area contributed by atoms with Gasteiger partial charge in [0.15, 0.2) is 0 Å². The molecule has 1 aromatic rings. The second kappa shape index (κ2) is 5.38. The minimum atomic E-state index is -0.381. The van der Waals surface area contributed by atoms with E-state index in [1.807, 2.05) is 0 Å². The summed E-state index contributed by atoms with van der Waals surface area (Å²) in [6.07, 6.45) is 1.77. The molecule has 0 amide bonds. The highest BCUT2D eigenvalue weighted by atomic mass is 32.2. The highest BCUT2D eigenvalue weighted by Gasteiger charge is 2.38. The van der Waals surface area contributed by atoms with Crippen LogP contribution in [0.5, 0.6) is 11.5 Å². The number of hydrogen-bond acceptors (Lipinski definition) is 8. The van der Waals surface area contributed by atoms with Gasteiger partial charge in [-0.05, 0) is 19.1 Å². The molecule has 0 saturated carbocycles. The zero-order valence-electron chi connectivity index (χ0n) is 12.1. The van der Waals surface area contributed by atoms with Gasteiger partial charge in [0.1, 0.15) is 22.9 Å². The van der Waals surface area contributed by atoms with E-state index < -0.39 is 0 Å².